The van der Waals surface area contributed by atoms with Crippen LogP contribution in [0.25, 0.3) is 5.78 Å². The van der Waals surface area contributed by atoms with Gasteiger partial charge in [-0.3, -0.25) is 4.79 Å². The normalized spacial score (nSPS) is 12.5. The van der Waals surface area contributed by atoms with Crippen molar-refractivity contribution < 1.29 is 4.79 Å². The minimum Gasteiger partial charge on any atom is -0.311 e. The van der Waals surface area contributed by atoms with Crippen LogP contribution >= 0.6 is 0 Å². The van der Waals surface area contributed by atoms with Crippen LogP contribution in [0.2, 0.25) is 0 Å². The summed E-state index contributed by atoms with van der Waals surface area (Å²) in [6, 6.07) is 2.07. The SMILES string of the molecule is CCC(C)n1nccc1NC(=O)CCc1c(C)nc2ncnn2c1C. The van der Waals surface area contributed by atoms with Gasteiger partial charge in [-0.05, 0) is 39.2 Å². The first-order valence-corrected chi connectivity index (χ1v) is 8.50. The standard InChI is InChI=1S/C17H23N7O/c1-5-11(2)23-15(8-9-19-23)22-16(25)7-6-14-12(3)21-17-18-10-20-24(17)13(14)4/h8-11H,5-7H2,1-4H3,(H,22,25). The molecule has 1 amide bonds. The lowest BCUT2D eigenvalue weighted by molar-refractivity contribution is -0.116. The van der Waals surface area contributed by atoms with Crippen molar-refractivity contribution >= 4 is 17.5 Å². The Morgan fingerprint density at radius 2 is 2.12 bits per heavy atom. The predicted octanol–water partition coefficient (Wildman–Crippen LogP) is 2.48. The van der Waals surface area contributed by atoms with Crippen LogP contribution in [0.3, 0.4) is 0 Å². The zero-order chi connectivity index (χ0) is 18.0. The second-order valence-electron chi connectivity index (χ2n) is 6.20. The Morgan fingerprint density at radius 1 is 1.32 bits per heavy atom. The van der Waals surface area contributed by atoms with E-state index in [2.05, 4.69) is 39.3 Å². The largest absolute Gasteiger partial charge is 0.311 e. The Labute approximate surface area is 146 Å². The molecule has 0 spiro atoms. The number of nitrogens with zero attached hydrogens (tertiary/aromatic N) is 6. The van der Waals surface area contributed by atoms with Gasteiger partial charge in [0.05, 0.1) is 12.2 Å². The summed E-state index contributed by atoms with van der Waals surface area (Å²) in [5.74, 6) is 1.28. The molecule has 3 rings (SSSR count). The van der Waals surface area contributed by atoms with Crippen molar-refractivity contribution in [2.24, 2.45) is 0 Å². The molecule has 0 aliphatic rings. The summed E-state index contributed by atoms with van der Waals surface area (Å²) in [6.45, 7) is 8.08. The van der Waals surface area contributed by atoms with Gasteiger partial charge < -0.3 is 5.32 Å². The average Bonchev–Trinajstić information content (AvgIpc) is 3.23. The lowest BCUT2D eigenvalue weighted by atomic mass is 10.1. The fourth-order valence-corrected chi connectivity index (χ4v) is 2.90. The second-order valence-corrected chi connectivity index (χ2v) is 6.20. The van der Waals surface area contributed by atoms with Crippen LogP contribution in [-0.2, 0) is 11.2 Å². The molecule has 3 aromatic rings. The number of nitrogens with one attached hydrogen (secondary N) is 1. The van der Waals surface area contributed by atoms with E-state index in [4.69, 9.17) is 0 Å². The Morgan fingerprint density at radius 3 is 2.88 bits per heavy atom. The summed E-state index contributed by atoms with van der Waals surface area (Å²) < 4.78 is 3.55. The molecule has 1 unspecified atom stereocenters. The molecule has 3 heterocycles. The molecule has 0 saturated heterocycles. The minimum absolute atomic E-state index is 0.0393. The van der Waals surface area contributed by atoms with Crippen LogP contribution in [0.5, 0.6) is 0 Å². The van der Waals surface area contributed by atoms with Gasteiger partial charge in [0.25, 0.3) is 5.78 Å². The number of rotatable bonds is 6. The smallest absolute Gasteiger partial charge is 0.252 e. The molecule has 8 heteroatoms. The molecule has 132 valence electrons. The molecule has 0 saturated carbocycles. The molecule has 1 N–H and O–H groups in total. The van der Waals surface area contributed by atoms with Gasteiger partial charge in [0, 0.05) is 23.9 Å². The number of amides is 1. The lowest BCUT2D eigenvalue weighted by Gasteiger charge is -2.14. The molecule has 3 aromatic heterocycles. The molecule has 0 aliphatic carbocycles. The van der Waals surface area contributed by atoms with E-state index in [0.717, 1.165) is 29.2 Å². The maximum Gasteiger partial charge on any atom is 0.252 e. The number of aryl methyl sites for hydroxylation is 2. The van der Waals surface area contributed by atoms with Gasteiger partial charge in [-0.25, -0.2) is 14.2 Å². The number of anilines is 1. The van der Waals surface area contributed by atoms with Crippen molar-refractivity contribution in [1.29, 1.82) is 0 Å². The molecular formula is C17H23N7O. The van der Waals surface area contributed by atoms with E-state index in [0.29, 0.717) is 18.6 Å². The van der Waals surface area contributed by atoms with Crippen LogP contribution in [0.15, 0.2) is 18.6 Å². The topological polar surface area (TPSA) is 90.0 Å². The van der Waals surface area contributed by atoms with Gasteiger partial charge >= 0.3 is 0 Å². The number of fused-ring (bicyclic) bond motifs is 1. The van der Waals surface area contributed by atoms with E-state index in [-0.39, 0.29) is 11.9 Å². The van der Waals surface area contributed by atoms with Crippen molar-refractivity contribution in [3.05, 3.63) is 35.5 Å². The number of carbonyl (C=O) groups excluding carboxylic acids is 1. The number of carbonyl (C=O) groups is 1. The Kier molecular flexibility index (Phi) is 4.78. The minimum atomic E-state index is -0.0393. The maximum absolute atomic E-state index is 12.4. The number of aromatic nitrogens is 6. The molecule has 0 fully saturated rings. The van der Waals surface area contributed by atoms with Gasteiger partial charge in [-0.1, -0.05) is 6.92 Å². The summed E-state index contributed by atoms with van der Waals surface area (Å²) >= 11 is 0. The molecule has 8 nitrogen and oxygen atoms in total. The van der Waals surface area contributed by atoms with Crippen LogP contribution in [-0.4, -0.2) is 35.3 Å². The van der Waals surface area contributed by atoms with Crippen molar-refractivity contribution in [1.82, 2.24) is 29.4 Å². The summed E-state index contributed by atoms with van der Waals surface area (Å²) in [5.41, 5.74) is 2.89. The maximum atomic E-state index is 12.4. The van der Waals surface area contributed by atoms with Crippen LogP contribution in [0, 0.1) is 13.8 Å². The van der Waals surface area contributed by atoms with E-state index in [9.17, 15) is 4.79 Å². The van der Waals surface area contributed by atoms with Gasteiger partial charge in [-0.2, -0.15) is 15.2 Å². The zero-order valence-corrected chi connectivity index (χ0v) is 15.0. The van der Waals surface area contributed by atoms with Gasteiger partial charge in [0.1, 0.15) is 12.1 Å². The van der Waals surface area contributed by atoms with Crippen molar-refractivity contribution in [3.8, 4) is 0 Å². The molecule has 0 aliphatic heterocycles. The highest BCUT2D eigenvalue weighted by Gasteiger charge is 2.14. The first-order chi connectivity index (χ1) is 12.0. The number of hydrogen-bond acceptors (Lipinski definition) is 5. The Bertz CT molecular complexity index is 896. The lowest BCUT2D eigenvalue weighted by Crippen LogP contribution is -2.18. The van der Waals surface area contributed by atoms with Crippen LogP contribution < -0.4 is 5.32 Å². The summed E-state index contributed by atoms with van der Waals surface area (Å²) in [6.07, 6.45) is 5.12. The first-order valence-electron chi connectivity index (χ1n) is 8.50. The average molecular weight is 341 g/mol. The highest BCUT2D eigenvalue weighted by Crippen LogP contribution is 2.18. The summed E-state index contributed by atoms with van der Waals surface area (Å²) in [4.78, 5) is 20.9. The molecule has 0 bridgehead atoms. The predicted molar refractivity (Wildman–Crippen MR) is 94.4 cm³/mol. The number of hydrogen-bond donors (Lipinski definition) is 1. The third kappa shape index (κ3) is 3.38. The van der Waals surface area contributed by atoms with Crippen LogP contribution in [0.4, 0.5) is 5.82 Å². The van der Waals surface area contributed by atoms with E-state index < -0.39 is 0 Å². The third-order valence-electron chi connectivity index (χ3n) is 4.54. The Balaban J connectivity index is 1.70. The second kappa shape index (κ2) is 7.00. The highest BCUT2D eigenvalue weighted by molar-refractivity contribution is 5.90. The first kappa shape index (κ1) is 17.1. The quantitative estimate of drug-likeness (QED) is 0.744. The van der Waals surface area contributed by atoms with Crippen molar-refractivity contribution in [3.63, 3.8) is 0 Å². The van der Waals surface area contributed by atoms with Gasteiger partial charge in [0.15, 0.2) is 0 Å². The zero-order valence-electron chi connectivity index (χ0n) is 15.0. The highest BCUT2D eigenvalue weighted by atomic mass is 16.1. The third-order valence-corrected chi connectivity index (χ3v) is 4.54. The molecule has 25 heavy (non-hydrogen) atoms. The summed E-state index contributed by atoms with van der Waals surface area (Å²) in [7, 11) is 0. The van der Waals surface area contributed by atoms with Gasteiger partial charge in [0.2, 0.25) is 5.91 Å². The summed E-state index contributed by atoms with van der Waals surface area (Å²) in [5, 5.41) is 11.4. The van der Waals surface area contributed by atoms with E-state index in [1.165, 1.54) is 6.33 Å². The fraction of sp³-hybridized carbons (Fsp3) is 0.471. The van der Waals surface area contributed by atoms with E-state index in [1.54, 1.807) is 10.7 Å². The van der Waals surface area contributed by atoms with Gasteiger partial charge in [-0.15, -0.1) is 0 Å². The van der Waals surface area contributed by atoms with Crippen molar-refractivity contribution in [2.45, 2.75) is 53.0 Å². The molecular weight excluding hydrogens is 318 g/mol. The molecule has 1 atom stereocenters. The van der Waals surface area contributed by atoms with Crippen molar-refractivity contribution in [2.75, 3.05) is 5.32 Å². The van der Waals surface area contributed by atoms with E-state index in [1.807, 2.05) is 24.6 Å². The Hall–Kier alpha value is -2.77. The molecule has 0 aromatic carbocycles. The van der Waals surface area contributed by atoms with Crippen LogP contribution in [0.1, 0.15) is 49.7 Å². The molecule has 0 radical (unpaired) electrons. The monoisotopic (exact) mass is 341 g/mol. The fourth-order valence-electron chi connectivity index (χ4n) is 2.90. The van der Waals surface area contributed by atoms with E-state index >= 15 is 0 Å².